The van der Waals surface area contributed by atoms with Crippen molar-refractivity contribution in [3.8, 4) is 6.07 Å². The minimum absolute atomic E-state index is 0.0811. The third-order valence-corrected chi connectivity index (χ3v) is 2.43. The summed E-state index contributed by atoms with van der Waals surface area (Å²) in [6.07, 6.45) is 3.95. The van der Waals surface area contributed by atoms with Crippen molar-refractivity contribution < 1.29 is 4.42 Å². The molecule has 0 bridgehead atoms. The molecule has 1 atom stereocenters. The predicted octanol–water partition coefficient (Wildman–Crippen LogP) is 1.27. The summed E-state index contributed by atoms with van der Waals surface area (Å²) in [4.78, 5) is 3.96. The van der Waals surface area contributed by atoms with E-state index in [4.69, 9.17) is 9.68 Å². The lowest BCUT2D eigenvalue weighted by atomic mass is 10.3. The van der Waals surface area contributed by atoms with E-state index in [2.05, 4.69) is 16.4 Å². The SMILES string of the molecule is CNC(C#N)CCSc1ncco1. The Morgan fingerprint density at radius 2 is 2.69 bits per heavy atom. The Hall–Kier alpha value is -0.990. The first-order valence-corrected chi connectivity index (χ1v) is 4.94. The molecule has 1 aromatic rings. The van der Waals surface area contributed by atoms with Gasteiger partial charge in [-0.2, -0.15) is 5.26 Å². The Bertz CT molecular complexity index is 267. The normalized spacial score (nSPS) is 12.3. The van der Waals surface area contributed by atoms with E-state index in [1.807, 2.05) is 0 Å². The lowest BCUT2D eigenvalue weighted by Gasteiger charge is -2.04. The van der Waals surface area contributed by atoms with Crippen LogP contribution in [0.5, 0.6) is 0 Å². The fraction of sp³-hybridized carbons (Fsp3) is 0.500. The second kappa shape index (κ2) is 5.62. The molecule has 70 valence electrons. The third-order valence-electron chi connectivity index (χ3n) is 1.55. The lowest BCUT2D eigenvalue weighted by molar-refractivity contribution is 0.454. The monoisotopic (exact) mass is 197 g/mol. The first-order chi connectivity index (χ1) is 6.36. The summed E-state index contributed by atoms with van der Waals surface area (Å²) >= 11 is 1.52. The minimum Gasteiger partial charge on any atom is -0.440 e. The van der Waals surface area contributed by atoms with Gasteiger partial charge in [-0.3, -0.25) is 0 Å². The van der Waals surface area contributed by atoms with Gasteiger partial charge in [0.25, 0.3) is 5.22 Å². The average Bonchev–Trinajstić information content (AvgIpc) is 2.65. The molecule has 13 heavy (non-hydrogen) atoms. The van der Waals surface area contributed by atoms with E-state index >= 15 is 0 Å². The highest BCUT2D eigenvalue weighted by molar-refractivity contribution is 7.99. The van der Waals surface area contributed by atoms with Crippen molar-refractivity contribution in [3.05, 3.63) is 12.5 Å². The summed E-state index contributed by atoms with van der Waals surface area (Å²) in [5.74, 6) is 0.833. The number of oxazole rings is 1. The summed E-state index contributed by atoms with van der Waals surface area (Å²) in [5, 5.41) is 12.2. The Labute approximate surface area is 81.3 Å². The second-order valence-electron chi connectivity index (χ2n) is 2.41. The summed E-state index contributed by atoms with van der Waals surface area (Å²) in [6.45, 7) is 0. The van der Waals surface area contributed by atoms with Gasteiger partial charge >= 0.3 is 0 Å². The van der Waals surface area contributed by atoms with Gasteiger partial charge in [0.05, 0.1) is 18.3 Å². The maximum atomic E-state index is 8.62. The molecular weight excluding hydrogens is 186 g/mol. The summed E-state index contributed by atoms with van der Waals surface area (Å²) in [7, 11) is 1.78. The Morgan fingerprint density at radius 3 is 3.23 bits per heavy atom. The van der Waals surface area contributed by atoms with E-state index < -0.39 is 0 Å². The molecule has 0 saturated carbocycles. The minimum atomic E-state index is -0.0811. The van der Waals surface area contributed by atoms with Gasteiger partial charge in [-0.1, -0.05) is 11.8 Å². The Morgan fingerprint density at radius 1 is 1.85 bits per heavy atom. The molecule has 1 heterocycles. The molecule has 4 nitrogen and oxygen atoms in total. The van der Waals surface area contributed by atoms with Crippen molar-refractivity contribution in [2.45, 2.75) is 17.7 Å². The second-order valence-corrected chi connectivity index (χ2v) is 3.45. The number of hydrogen-bond donors (Lipinski definition) is 1. The fourth-order valence-corrected chi connectivity index (χ4v) is 1.61. The lowest BCUT2D eigenvalue weighted by Crippen LogP contribution is -2.23. The number of hydrogen-bond acceptors (Lipinski definition) is 5. The van der Waals surface area contributed by atoms with Crippen LogP contribution in [0.15, 0.2) is 22.1 Å². The standard InChI is InChI=1S/C8H11N3OS/c1-10-7(6-9)2-5-13-8-11-3-4-12-8/h3-4,7,10H,2,5H2,1H3. The number of nitrogens with zero attached hydrogens (tertiary/aromatic N) is 2. The molecule has 1 N–H and O–H groups in total. The number of nitriles is 1. The first-order valence-electron chi connectivity index (χ1n) is 3.96. The van der Waals surface area contributed by atoms with Crippen molar-refractivity contribution in [3.63, 3.8) is 0 Å². The van der Waals surface area contributed by atoms with Gasteiger partial charge < -0.3 is 9.73 Å². The van der Waals surface area contributed by atoms with E-state index in [9.17, 15) is 0 Å². The molecular formula is C8H11N3OS. The van der Waals surface area contributed by atoms with Gasteiger partial charge in [0.15, 0.2) is 0 Å². The van der Waals surface area contributed by atoms with Gasteiger partial charge in [-0.05, 0) is 13.5 Å². The molecule has 0 aliphatic carbocycles. The van der Waals surface area contributed by atoms with Crippen molar-refractivity contribution in [2.75, 3.05) is 12.8 Å². The zero-order valence-electron chi connectivity index (χ0n) is 7.36. The van der Waals surface area contributed by atoms with E-state index in [0.717, 1.165) is 12.2 Å². The largest absolute Gasteiger partial charge is 0.440 e. The van der Waals surface area contributed by atoms with Crippen LogP contribution >= 0.6 is 11.8 Å². The molecule has 5 heteroatoms. The number of rotatable bonds is 5. The fourth-order valence-electron chi connectivity index (χ4n) is 0.819. The van der Waals surface area contributed by atoms with Crippen LogP contribution in [0, 0.1) is 11.3 Å². The number of nitrogens with one attached hydrogen (secondary N) is 1. The van der Waals surface area contributed by atoms with E-state index in [1.165, 1.54) is 11.8 Å². The highest BCUT2D eigenvalue weighted by Gasteiger charge is 2.04. The van der Waals surface area contributed by atoms with Crippen molar-refractivity contribution in [2.24, 2.45) is 0 Å². The summed E-state index contributed by atoms with van der Waals surface area (Å²) in [5.41, 5.74) is 0. The Balaban J connectivity index is 2.18. The van der Waals surface area contributed by atoms with Gasteiger partial charge in [0.1, 0.15) is 6.26 Å². The molecule has 0 radical (unpaired) electrons. The number of thioether (sulfide) groups is 1. The summed E-state index contributed by atoms with van der Waals surface area (Å²) < 4.78 is 5.03. The van der Waals surface area contributed by atoms with Crippen molar-refractivity contribution >= 4 is 11.8 Å². The van der Waals surface area contributed by atoms with Crippen LogP contribution in [-0.2, 0) is 0 Å². The molecule has 1 rings (SSSR count). The van der Waals surface area contributed by atoms with Crippen LogP contribution in [-0.4, -0.2) is 23.8 Å². The van der Waals surface area contributed by atoms with Crippen LogP contribution in [0.4, 0.5) is 0 Å². The molecule has 0 aliphatic rings. The van der Waals surface area contributed by atoms with E-state index in [0.29, 0.717) is 5.22 Å². The van der Waals surface area contributed by atoms with Gasteiger partial charge in [0.2, 0.25) is 0 Å². The average molecular weight is 197 g/mol. The van der Waals surface area contributed by atoms with Crippen LogP contribution in [0.3, 0.4) is 0 Å². The Kier molecular flexibility index (Phi) is 4.36. The molecule has 0 saturated heterocycles. The molecule has 0 spiro atoms. The van der Waals surface area contributed by atoms with E-state index in [1.54, 1.807) is 19.5 Å². The molecule has 0 amide bonds. The summed E-state index contributed by atoms with van der Waals surface area (Å²) in [6, 6.07) is 2.08. The zero-order valence-corrected chi connectivity index (χ0v) is 8.17. The smallest absolute Gasteiger partial charge is 0.255 e. The predicted molar refractivity (Wildman–Crippen MR) is 50.3 cm³/mol. The molecule has 0 fully saturated rings. The number of aromatic nitrogens is 1. The van der Waals surface area contributed by atoms with E-state index in [-0.39, 0.29) is 6.04 Å². The van der Waals surface area contributed by atoms with Gasteiger partial charge in [-0.25, -0.2) is 4.98 Å². The first kappa shape index (κ1) is 10.1. The highest BCUT2D eigenvalue weighted by atomic mass is 32.2. The maximum Gasteiger partial charge on any atom is 0.255 e. The van der Waals surface area contributed by atoms with Crippen LogP contribution in [0.2, 0.25) is 0 Å². The zero-order chi connectivity index (χ0) is 9.52. The topological polar surface area (TPSA) is 61.9 Å². The van der Waals surface area contributed by atoms with Gasteiger partial charge in [0, 0.05) is 5.75 Å². The molecule has 0 aliphatic heterocycles. The molecule has 1 aromatic heterocycles. The van der Waals surface area contributed by atoms with Crippen molar-refractivity contribution in [1.29, 1.82) is 5.26 Å². The third kappa shape index (κ3) is 3.49. The van der Waals surface area contributed by atoms with Crippen LogP contribution in [0.25, 0.3) is 0 Å². The maximum absolute atomic E-state index is 8.62. The molecule has 0 aromatic carbocycles. The highest BCUT2D eigenvalue weighted by Crippen LogP contribution is 2.16. The van der Waals surface area contributed by atoms with Crippen LogP contribution < -0.4 is 5.32 Å². The van der Waals surface area contributed by atoms with Crippen LogP contribution in [0.1, 0.15) is 6.42 Å². The molecule has 1 unspecified atom stereocenters. The van der Waals surface area contributed by atoms with Gasteiger partial charge in [-0.15, -0.1) is 0 Å². The van der Waals surface area contributed by atoms with Crippen molar-refractivity contribution in [1.82, 2.24) is 10.3 Å². The quantitative estimate of drug-likeness (QED) is 0.720.